The van der Waals surface area contributed by atoms with E-state index in [1.54, 1.807) is 36.5 Å². The summed E-state index contributed by atoms with van der Waals surface area (Å²) in [7, 11) is 0. The molecule has 31 heavy (non-hydrogen) atoms. The maximum atomic E-state index is 12.7. The Hall–Kier alpha value is -3.37. The molecule has 0 saturated heterocycles. The quantitative estimate of drug-likeness (QED) is 0.512. The molecule has 160 valence electrons. The summed E-state index contributed by atoms with van der Waals surface area (Å²) in [5.41, 5.74) is 2.92. The number of fused-ring (bicyclic) bond motifs is 1. The third-order valence-electron chi connectivity index (χ3n) is 4.83. The number of aliphatic carboxylic acids is 1. The Morgan fingerprint density at radius 2 is 2.10 bits per heavy atom. The number of amides is 1. The summed E-state index contributed by atoms with van der Waals surface area (Å²) in [6.07, 6.45) is 5.56. The van der Waals surface area contributed by atoms with E-state index in [0.717, 1.165) is 41.2 Å². The molecule has 1 aromatic carbocycles. The van der Waals surface area contributed by atoms with Gasteiger partial charge in [-0.25, -0.2) is 9.78 Å². The fraction of sp³-hybridized carbons (Fsp3) is 0.286. The van der Waals surface area contributed by atoms with Crippen molar-refractivity contribution in [3.8, 4) is 11.6 Å². The minimum absolute atomic E-state index is 0.0980. The minimum atomic E-state index is -0.972. The van der Waals surface area contributed by atoms with Crippen LogP contribution >= 0.6 is 11.7 Å². The molecule has 2 heterocycles. The van der Waals surface area contributed by atoms with Crippen LogP contribution in [-0.2, 0) is 9.53 Å². The van der Waals surface area contributed by atoms with Gasteiger partial charge in [0.05, 0.1) is 17.8 Å². The van der Waals surface area contributed by atoms with E-state index in [1.807, 2.05) is 6.08 Å². The molecule has 1 atom stereocenters. The van der Waals surface area contributed by atoms with Crippen molar-refractivity contribution in [1.82, 2.24) is 19.0 Å². The topological polar surface area (TPSA) is 124 Å². The summed E-state index contributed by atoms with van der Waals surface area (Å²) in [5.74, 6) is -0.526. The Morgan fingerprint density at radius 1 is 1.23 bits per heavy atom. The van der Waals surface area contributed by atoms with Gasteiger partial charge < -0.3 is 19.9 Å². The second-order valence-corrected chi connectivity index (χ2v) is 7.55. The van der Waals surface area contributed by atoms with Crippen molar-refractivity contribution in [2.45, 2.75) is 25.4 Å². The van der Waals surface area contributed by atoms with Crippen LogP contribution in [0, 0.1) is 0 Å². The van der Waals surface area contributed by atoms with Crippen LogP contribution in [0.5, 0.6) is 11.6 Å². The summed E-state index contributed by atoms with van der Waals surface area (Å²) in [6.45, 7) is 0.107. The van der Waals surface area contributed by atoms with Crippen molar-refractivity contribution in [3.63, 3.8) is 0 Å². The fourth-order valence-electron chi connectivity index (χ4n) is 3.24. The first kappa shape index (κ1) is 20.9. The van der Waals surface area contributed by atoms with E-state index in [9.17, 15) is 9.59 Å². The molecule has 2 N–H and O–H groups in total. The van der Waals surface area contributed by atoms with E-state index in [0.29, 0.717) is 24.3 Å². The van der Waals surface area contributed by atoms with Gasteiger partial charge in [0.2, 0.25) is 5.88 Å². The molecule has 0 radical (unpaired) electrons. The van der Waals surface area contributed by atoms with Crippen molar-refractivity contribution in [1.29, 1.82) is 0 Å². The average Bonchev–Trinajstić information content (AvgIpc) is 3.25. The highest BCUT2D eigenvalue weighted by Crippen LogP contribution is 2.26. The van der Waals surface area contributed by atoms with E-state index in [1.165, 1.54) is 0 Å². The maximum Gasteiger partial charge on any atom is 0.329 e. The normalized spacial score (nSPS) is 16.0. The van der Waals surface area contributed by atoms with Crippen molar-refractivity contribution >= 4 is 34.6 Å². The van der Waals surface area contributed by atoms with E-state index >= 15 is 0 Å². The number of carbonyl (C=O) groups excluding carboxylic acids is 1. The van der Waals surface area contributed by atoms with Gasteiger partial charge in [0.1, 0.15) is 29.0 Å². The van der Waals surface area contributed by atoms with Gasteiger partial charge in [-0.1, -0.05) is 11.6 Å². The molecule has 4 rings (SSSR count). The number of benzene rings is 1. The number of aromatic nitrogens is 3. The lowest BCUT2D eigenvalue weighted by atomic mass is 9.97. The van der Waals surface area contributed by atoms with Gasteiger partial charge in [-0.05, 0) is 43.5 Å². The minimum Gasteiger partial charge on any atom is -0.480 e. The number of nitrogens with zero attached hydrogens (tertiary/aromatic N) is 3. The molecule has 0 spiro atoms. The SMILES string of the molecule is O=C(O)COC1CC=C(CNC(=O)c2cccnc2Oc2ccc3nsnc3c2)CC1. The summed E-state index contributed by atoms with van der Waals surface area (Å²) in [4.78, 5) is 27.5. The van der Waals surface area contributed by atoms with Crippen LogP contribution in [0.4, 0.5) is 0 Å². The van der Waals surface area contributed by atoms with Gasteiger partial charge in [0, 0.05) is 18.8 Å². The van der Waals surface area contributed by atoms with Gasteiger partial charge in [-0.3, -0.25) is 4.79 Å². The van der Waals surface area contributed by atoms with Gasteiger partial charge in [-0.15, -0.1) is 0 Å². The smallest absolute Gasteiger partial charge is 0.329 e. The molecule has 3 aromatic rings. The first-order chi connectivity index (χ1) is 15.1. The van der Waals surface area contributed by atoms with Crippen molar-refractivity contribution in [2.24, 2.45) is 0 Å². The van der Waals surface area contributed by atoms with E-state index < -0.39 is 5.97 Å². The molecule has 1 aliphatic carbocycles. The zero-order valence-corrected chi connectivity index (χ0v) is 17.3. The van der Waals surface area contributed by atoms with Crippen LogP contribution in [0.2, 0.25) is 0 Å². The van der Waals surface area contributed by atoms with Crippen LogP contribution in [0.1, 0.15) is 29.6 Å². The number of ether oxygens (including phenoxy) is 2. The highest BCUT2D eigenvalue weighted by atomic mass is 32.1. The maximum absolute atomic E-state index is 12.7. The van der Waals surface area contributed by atoms with Gasteiger partial charge in [0.15, 0.2) is 0 Å². The number of carbonyl (C=O) groups is 2. The second-order valence-electron chi connectivity index (χ2n) is 7.02. The van der Waals surface area contributed by atoms with Gasteiger partial charge >= 0.3 is 5.97 Å². The number of hydrogen-bond acceptors (Lipinski definition) is 8. The molecule has 2 aromatic heterocycles. The molecule has 10 heteroatoms. The molecule has 0 fully saturated rings. The highest BCUT2D eigenvalue weighted by Gasteiger charge is 2.18. The van der Waals surface area contributed by atoms with Crippen molar-refractivity contribution < 1.29 is 24.2 Å². The van der Waals surface area contributed by atoms with Crippen LogP contribution < -0.4 is 10.1 Å². The van der Waals surface area contributed by atoms with E-state index in [4.69, 9.17) is 14.6 Å². The molecule has 0 aliphatic heterocycles. The molecular formula is C21H20N4O5S. The van der Waals surface area contributed by atoms with Crippen LogP contribution in [0.3, 0.4) is 0 Å². The van der Waals surface area contributed by atoms with Crippen LogP contribution in [0.15, 0.2) is 48.2 Å². The predicted molar refractivity (Wildman–Crippen MR) is 113 cm³/mol. The zero-order valence-electron chi connectivity index (χ0n) is 16.5. The molecule has 1 amide bonds. The highest BCUT2D eigenvalue weighted by molar-refractivity contribution is 7.00. The van der Waals surface area contributed by atoms with E-state index in [2.05, 4.69) is 19.0 Å². The Labute approximate surface area is 182 Å². The standard InChI is InChI=1S/C21H20N4O5S/c26-19(27)12-29-14-5-3-13(4-6-14)11-23-20(28)16-2-1-9-22-21(16)30-15-7-8-17-18(10-15)25-31-24-17/h1-3,7-10,14H,4-6,11-12H2,(H,23,28)(H,26,27). The molecule has 0 bridgehead atoms. The number of carboxylic acids is 1. The third kappa shape index (κ3) is 5.41. The third-order valence-corrected chi connectivity index (χ3v) is 5.39. The largest absolute Gasteiger partial charge is 0.480 e. The fourth-order valence-corrected chi connectivity index (χ4v) is 3.75. The Balaban J connectivity index is 1.36. The Bertz CT molecular complexity index is 1130. The molecule has 1 aliphatic rings. The zero-order chi connectivity index (χ0) is 21.6. The Kier molecular flexibility index (Phi) is 6.48. The Morgan fingerprint density at radius 3 is 2.90 bits per heavy atom. The van der Waals surface area contributed by atoms with Crippen LogP contribution in [0.25, 0.3) is 11.0 Å². The van der Waals surface area contributed by atoms with Crippen molar-refractivity contribution in [2.75, 3.05) is 13.2 Å². The molecule has 1 unspecified atom stereocenters. The lowest BCUT2D eigenvalue weighted by Crippen LogP contribution is -2.28. The number of hydrogen-bond donors (Lipinski definition) is 2. The summed E-state index contributed by atoms with van der Waals surface area (Å²) >= 11 is 1.13. The second kappa shape index (κ2) is 9.63. The van der Waals surface area contributed by atoms with Gasteiger partial charge in [0.25, 0.3) is 5.91 Å². The number of rotatable bonds is 8. The predicted octanol–water partition coefficient (Wildman–Crippen LogP) is 3.19. The lowest BCUT2D eigenvalue weighted by Gasteiger charge is -2.22. The summed E-state index contributed by atoms with van der Waals surface area (Å²) < 4.78 is 19.5. The monoisotopic (exact) mass is 440 g/mol. The molecule has 9 nitrogen and oxygen atoms in total. The number of pyridine rings is 1. The first-order valence-electron chi connectivity index (χ1n) is 9.73. The molecular weight excluding hydrogens is 420 g/mol. The van der Waals surface area contributed by atoms with Crippen LogP contribution in [-0.4, -0.2) is 50.0 Å². The summed E-state index contributed by atoms with van der Waals surface area (Å²) in [5, 5.41) is 11.6. The summed E-state index contributed by atoms with van der Waals surface area (Å²) in [6, 6.07) is 8.66. The lowest BCUT2D eigenvalue weighted by molar-refractivity contribution is -0.144. The van der Waals surface area contributed by atoms with Crippen molar-refractivity contribution in [3.05, 3.63) is 53.7 Å². The number of nitrogens with one attached hydrogen (secondary N) is 1. The molecule has 0 saturated carbocycles. The first-order valence-corrected chi connectivity index (χ1v) is 10.5. The number of carboxylic acid groups (broad SMARTS) is 1. The average molecular weight is 440 g/mol. The van der Waals surface area contributed by atoms with Gasteiger partial charge in [-0.2, -0.15) is 8.75 Å². The van der Waals surface area contributed by atoms with E-state index in [-0.39, 0.29) is 24.5 Å².